The highest BCUT2D eigenvalue weighted by atomic mass is 16.4. The van der Waals surface area contributed by atoms with Gasteiger partial charge in [0, 0.05) is 6.42 Å². The van der Waals surface area contributed by atoms with Crippen molar-refractivity contribution in [2.24, 2.45) is 28.7 Å². The molecule has 16 nitrogen and oxygen atoms in total. The van der Waals surface area contributed by atoms with Gasteiger partial charge in [0.05, 0.1) is 18.9 Å². The van der Waals surface area contributed by atoms with Crippen LogP contribution in [0.15, 0.2) is 0 Å². The van der Waals surface area contributed by atoms with Gasteiger partial charge in [-0.3, -0.25) is 28.8 Å². The number of carboxylic acid groups (broad SMARTS) is 1. The summed E-state index contributed by atoms with van der Waals surface area (Å²) in [5, 5.41) is 16.0. The number of aliphatic carboxylic acids is 1. The van der Waals surface area contributed by atoms with Crippen LogP contribution in [0.5, 0.6) is 0 Å². The molecule has 35 heavy (non-hydrogen) atoms. The standard InChI is InChI=1S/C19H34N8O8/c20-6-2-1-3-11(19(34)35)26-18(33)12(8-15(24)30)27-17(32)10(4-5-13(22)28)25-16(31)9(21)7-14(23)29/h9-12H,1-8,20-21H2,(H2,22,28)(H2,23,29)(H2,24,30)(H,25,31)(H,26,33)(H,27,32)(H,34,35). The SMILES string of the molecule is NCCCCC(NC(=O)C(CC(N)=O)NC(=O)C(CCC(N)=O)NC(=O)C(N)CC(N)=O)C(=O)O. The van der Waals surface area contributed by atoms with Crippen LogP contribution in [0.25, 0.3) is 0 Å². The van der Waals surface area contributed by atoms with E-state index in [2.05, 4.69) is 16.0 Å². The van der Waals surface area contributed by atoms with Crippen molar-refractivity contribution < 1.29 is 38.7 Å². The average Bonchev–Trinajstić information content (AvgIpc) is 2.73. The van der Waals surface area contributed by atoms with Gasteiger partial charge in [0.15, 0.2) is 0 Å². The van der Waals surface area contributed by atoms with Crippen molar-refractivity contribution in [2.75, 3.05) is 6.54 Å². The maximum Gasteiger partial charge on any atom is 0.326 e. The van der Waals surface area contributed by atoms with Gasteiger partial charge in [-0.25, -0.2) is 4.79 Å². The number of hydrogen-bond acceptors (Lipinski definition) is 9. The molecule has 16 heteroatoms. The van der Waals surface area contributed by atoms with Crippen molar-refractivity contribution in [3.8, 4) is 0 Å². The second kappa shape index (κ2) is 15.9. The lowest BCUT2D eigenvalue weighted by Crippen LogP contribution is -2.58. The number of unbranched alkanes of at least 4 members (excludes halogenated alkanes) is 1. The van der Waals surface area contributed by atoms with Crippen molar-refractivity contribution in [3.05, 3.63) is 0 Å². The molecule has 0 bridgehead atoms. The summed E-state index contributed by atoms with van der Waals surface area (Å²) in [5.41, 5.74) is 26.1. The highest BCUT2D eigenvalue weighted by Crippen LogP contribution is 2.05. The van der Waals surface area contributed by atoms with E-state index in [1.54, 1.807) is 0 Å². The fraction of sp³-hybridized carbons (Fsp3) is 0.632. The fourth-order valence-corrected chi connectivity index (χ4v) is 2.85. The number of primary amides is 3. The molecular weight excluding hydrogens is 468 g/mol. The lowest BCUT2D eigenvalue weighted by molar-refractivity contribution is -0.142. The summed E-state index contributed by atoms with van der Waals surface area (Å²) in [6.07, 6.45) is -0.914. The molecule has 0 aliphatic heterocycles. The second-order valence-corrected chi connectivity index (χ2v) is 7.76. The molecule has 0 saturated heterocycles. The number of rotatable bonds is 18. The monoisotopic (exact) mass is 502 g/mol. The Morgan fingerprint density at radius 1 is 0.657 bits per heavy atom. The van der Waals surface area contributed by atoms with Crippen LogP contribution in [-0.4, -0.2) is 77.2 Å². The van der Waals surface area contributed by atoms with Gasteiger partial charge >= 0.3 is 5.97 Å². The first-order valence-corrected chi connectivity index (χ1v) is 10.7. The summed E-state index contributed by atoms with van der Waals surface area (Å²) in [4.78, 5) is 82.7. The van der Waals surface area contributed by atoms with Crippen LogP contribution in [0.3, 0.4) is 0 Å². The predicted octanol–water partition coefficient (Wildman–Crippen LogP) is -5.00. The first-order valence-electron chi connectivity index (χ1n) is 10.7. The number of carbonyl (C=O) groups is 7. The third-order valence-electron chi connectivity index (χ3n) is 4.67. The van der Waals surface area contributed by atoms with Gasteiger partial charge in [0.1, 0.15) is 18.1 Å². The minimum Gasteiger partial charge on any atom is -0.480 e. The topological polar surface area (TPSA) is 306 Å². The van der Waals surface area contributed by atoms with E-state index in [9.17, 15) is 38.7 Å². The van der Waals surface area contributed by atoms with Crippen LogP contribution in [0.1, 0.15) is 44.9 Å². The molecule has 4 unspecified atom stereocenters. The van der Waals surface area contributed by atoms with Crippen LogP contribution in [0.2, 0.25) is 0 Å². The van der Waals surface area contributed by atoms with E-state index < -0.39 is 78.4 Å². The van der Waals surface area contributed by atoms with Crippen LogP contribution >= 0.6 is 0 Å². The quantitative estimate of drug-likeness (QED) is 0.0803. The van der Waals surface area contributed by atoms with E-state index >= 15 is 0 Å². The van der Waals surface area contributed by atoms with Crippen molar-refractivity contribution in [1.82, 2.24) is 16.0 Å². The Morgan fingerprint density at radius 3 is 1.66 bits per heavy atom. The third-order valence-corrected chi connectivity index (χ3v) is 4.67. The van der Waals surface area contributed by atoms with Gasteiger partial charge in [-0.05, 0) is 32.2 Å². The number of amides is 6. The van der Waals surface area contributed by atoms with Crippen molar-refractivity contribution >= 4 is 41.4 Å². The number of carboxylic acids is 1. The maximum atomic E-state index is 12.8. The molecule has 0 aromatic rings. The molecule has 0 aliphatic rings. The molecule has 0 saturated carbocycles. The summed E-state index contributed by atoms with van der Waals surface area (Å²) < 4.78 is 0. The summed E-state index contributed by atoms with van der Waals surface area (Å²) in [6, 6.07) is -5.76. The highest BCUT2D eigenvalue weighted by molar-refractivity contribution is 5.96. The van der Waals surface area contributed by atoms with E-state index in [0.29, 0.717) is 19.4 Å². The minimum atomic E-state index is -1.59. The van der Waals surface area contributed by atoms with Crippen molar-refractivity contribution in [3.63, 3.8) is 0 Å². The Hall–Kier alpha value is -3.79. The largest absolute Gasteiger partial charge is 0.480 e. The number of hydrogen-bond donors (Lipinski definition) is 9. The molecule has 0 aromatic heterocycles. The first kappa shape index (κ1) is 31.2. The molecule has 4 atom stereocenters. The maximum absolute atomic E-state index is 12.8. The van der Waals surface area contributed by atoms with Gasteiger partial charge < -0.3 is 49.7 Å². The summed E-state index contributed by atoms with van der Waals surface area (Å²) in [7, 11) is 0. The third kappa shape index (κ3) is 13.5. The van der Waals surface area contributed by atoms with Crippen molar-refractivity contribution in [2.45, 2.75) is 69.1 Å². The lowest BCUT2D eigenvalue weighted by Gasteiger charge is -2.24. The Kier molecular flexibility index (Phi) is 14.2. The van der Waals surface area contributed by atoms with Gasteiger partial charge in [0.2, 0.25) is 35.4 Å². The van der Waals surface area contributed by atoms with Crippen LogP contribution in [-0.2, 0) is 33.6 Å². The Morgan fingerprint density at radius 2 is 1.17 bits per heavy atom. The Balaban J connectivity index is 5.55. The molecule has 0 aromatic carbocycles. The van der Waals surface area contributed by atoms with Gasteiger partial charge in [0.25, 0.3) is 0 Å². The van der Waals surface area contributed by atoms with E-state index in [1.807, 2.05) is 0 Å². The summed E-state index contributed by atoms with van der Waals surface area (Å²) in [5.74, 6) is -6.97. The molecule has 0 heterocycles. The van der Waals surface area contributed by atoms with E-state index in [1.165, 1.54) is 0 Å². The normalized spacial score (nSPS) is 14.0. The Bertz CT molecular complexity index is 806. The lowest BCUT2D eigenvalue weighted by atomic mass is 10.1. The zero-order valence-corrected chi connectivity index (χ0v) is 19.2. The fourth-order valence-electron chi connectivity index (χ4n) is 2.85. The summed E-state index contributed by atoms with van der Waals surface area (Å²) >= 11 is 0. The number of carbonyl (C=O) groups excluding carboxylic acids is 6. The van der Waals surface area contributed by atoms with Gasteiger partial charge in [-0.1, -0.05) is 0 Å². The first-order chi connectivity index (χ1) is 16.3. The summed E-state index contributed by atoms with van der Waals surface area (Å²) in [6.45, 7) is 0.322. The molecule has 0 rings (SSSR count). The van der Waals surface area contributed by atoms with E-state index in [-0.39, 0.29) is 19.3 Å². The molecular formula is C19H34N8O8. The zero-order valence-electron chi connectivity index (χ0n) is 19.2. The smallest absolute Gasteiger partial charge is 0.326 e. The zero-order chi connectivity index (χ0) is 27.1. The molecule has 6 amide bonds. The van der Waals surface area contributed by atoms with Gasteiger partial charge in [-0.15, -0.1) is 0 Å². The van der Waals surface area contributed by atoms with Crippen LogP contribution in [0, 0.1) is 0 Å². The number of nitrogens with two attached hydrogens (primary N) is 5. The highest BCUT2D eigenvalue weighted by Gasteiger charge is 2.31. The molecule has 0 spiro atoms. The molecule has 0 aliphatic carbocycles. The average molecular weight is 503 g/mol. The van der Waals surface area contributed by atoms with Crippen LogP contribution < -0.4 is 44.6 Å². The molecule has 0 radical (unpaired) electrons. The Labute approximate surface area is 201 Å². The predicted molar refractivity (Wildman–Crippen MR) is 120 cm³/mol. The molecule has 198 valence electrons. The second-order valence-electron chi connectivity index (χ2n) is 7.76. The minimum absolute atomic E-state index is 0.0462. The molecule has 14 N–H and O–H groups in total. The van der Waals surface area contributed by atoms with E-state index in [0.717, 1.165) is 0 Å². The van der Waals surface area contributed by atoms with E-state index in [4.69, 9.17) is 28.7 Å². The van der Waals surface area contributed by atoms with Crippen molar-refractivity contribution in [1.29, 1.82) is 0 Å². The number of nitrogens with one attached hydrogen (secondary N) is 3. The van der Waals surface area contributed by atoms with Crippen LogP contribution in [0.4, 0.5) is 0 Å². The van der Waals surface area contributed by atoms with Gasteiger partial charge in [-0.2, -0.15) is 0 Å². The molecule has 0 fully saturated rings.